The number of nitrogens with zero attached hydrogens (tertiary/aromatic N) is 1. The van der Waals surface area contributed by atoms with E-state index in [9.17, 15) is 4.79 Å². The average Bonchev–Trinajstić information content (AvgIpc) is 2.49. The first-order valence-corrected chi connectivity index (χ1v) is 8.75. The van der Waals surface area contributed by atoms with Crippen molar-refractivity contribution in [2.24, 2.45) is 17.1 Å². The van der Waals surface area contributed by atoms with Crippen molar-refractivity contribution in [1.82, 2.24) is 4.90 Å². The zero-order valence-corrected chi connectivity index (χ0v) is 12.8. The van der Waals surface area contributed by atoms with Crippen LogP contribution in [0.3, 0.4) is 0 Å². The van der Waals surface area contributed by atoms with Gasteiger partial charge in [-0.3, -0.25) is 4.79 Å². The highest BCUT2D eigenvalue weighted by Gasteiger charge is 2.39. The van der Waals surface area contributed by atoms with Crippen molar-refractivity contribution in [2.75, 3.05) is 13.1 Å². The van der Waals surface area contributed by atoms with Crippen LogP contribution in [0, 0.1) is 11.3 Å². The van der Waals surface area contributed by atoms with Gasteiger partial charge in [-0.15, -0.1) is 0 Å². The van der Waals surface area contributed by atoms with Gasteiger partial charge in [0.15, 0.2) is 0 Å². The van der Waals surface area contributed by atoms with E-state index in [2.05, 4.69) is 4.90 Å². The summed E-state index contributed by atoms with van der Waals surface area (Å²) in [6, 6.07) is 0.113. The summed E-state index contributed by atoms with van der Waals surface area (Å²) in [6.07, 6.45) is 13.9. The van der Waals surface area contributed by atoms with Crippen LogP contribution in [0.5, 0.6) is 0 Å². The standard InChI is InChI=1S/C17H30N2O/c18-15-7-3-2-6-14(15)16(20)19-12-10-17(11-13-19)8-4-1-5-9-17/h14-15H,1-13,18H2. The molecule has 2 atom stereocenters. The van der Waals surface area contributed by atoms with Crippen LogP contribution in [0.4, 0.5) is 0 Å². The summed E-state index contributed by atoms with van der Waals surface area (Å²) in [4.78, 5) is 14.8. The quantitative estimate of drug-likeness (QED) is 0.801. The molecule has 1 amide bonds. The number of amides is 1. The highest BCUT2D eigenvalue weighted by molar-refractivity contribution is 5.79. The molecule has 0 bridgehead atoms. The van der Waals surface area contributed by atoms with E-state index < -0.39 is 0 Å². The maximum absolute atomic E-state index is 12.7. The van der Waals surface area contributed by atoms with E-state index in [1.54, 1.807) is 0 Å². The molecule has 20 heavy (non-hydrogen) atoms. The molecule has 2 unspecified atom stereocenters. The number of carbonyl (C=O) groups is 1. The van der Waals surface area contributed by atoms with E-state index in [1.807, 2.05) is 0 Å². The molecule has 1 spiro atoms. The first-order chi connectivity index (χ1) is 9.70. The first kappa shape index (κ1) is 14.4. The third-order valence-electron chi connectivity index (χ3n) is 6.19. The molecule has 1 aliphatic heterocycles. The van der Waals surface area contributed by atoms with Crippen molar-refractivity contribution >= 4 is 5.91 Å². The molecule has 0 aromatic carbocycles. The third-order valence-corrected chi connectivity index (χ3v) is 6.19. The number of hydrogen-bond donors (Lipinski definition) is 1. The SMILES string of the molecule is NC1CCCCC1C(=O)N1CCC2(CCCCC2)CC1. The molecular formula is C17H30N2O. The summed E-state index contributed by atoms with van der Waals surface area (Å²) in [7, 11) is 0. The lowest BCUT2D eigenvalue weighted by molar-refractivity contribution is -0.139. The Kier molecular flexibility index (Phi) is 4.34. The number of rotatable bonds is 1. The van der Waals surface area contributed by atoms with Gasteiger partial charge in [-0.25, -0.2) is 0 Å². The Labute approximate surface area is 123 Å². The van der Waals surface area contributed by atoms with E-state index in [-0.39, 0.29) is 12.0 Å². The summed E-state index contributed by atoms with van der Waals surface area (Å²) in [5, 5.41) is 0. The summed E-state index contributed by atoms with van der Waals surface area (Å²) in [6.45, 7) is 1.98. The number of piperidine rings is 1. The van der Waals surface area contributed by atoms with E-state index in [0.717, 1.165) is 25.9 Å². The minimum atomic E-state index is 0.113. The third kappa shape index (κ3) is 2.88. The fraction of sp³-hybridized carbons (Fsp3) is 0.941. The van der Waals surface area contributed by atoms with Crippen LogP contribution < -0.4 is 5.73 Å². The largest absolute Gasteiger partial charge is 0.342 e. The van der Waals surface area contributed by atoms with Gasteiger partial charge in [0.2, 0.25) is 5.91 Å². The summed E-state index contributed by atoms with van der Waals surface area (Å²) in [5.41, 5.74) is 6.76. The first-order valence-electron chi connectivity index (χ1n) is 8.75. The zero-order chi connectivity index (χ0) is 14.0. The Morgan fingerprint density at radius 3 is 2.20 bits per heavy atom. The molecular weight excluding hydrogens is 248 g/mol. The highest BCUT2D eigenvalue weighted by Crippen LogP contribution is 2.44. The second kappa shape index (κ2) is 6.05. The maximum Gasteiger partial charge on any atom is 0.227 e. The predicted molar refractivity (Wildman–Crippen MR) is 81.3 cm³/mol. The van der Waals surface area contributed by atoms with Crippen molar-refractivity contribution in [3.8, 4) is 0 Å². The van der Waals surface area contributed by atoms with Gasteiger partial charge in [-0.2, -0.15) is 0 Å². The predicted octanol–water partition coefficient (Wildman–Crippen LogP) is 3.08. The molecule has 2 N–H and O–H groups in total. The highest BCUT2D eigenvalue weighted by atomic mass is 16.2. The van der Waals surface area contributed by atoms with Crippen molar-refractivity contribution in [2.45, 2.75) is 76.7 Å². The summed E-state index contributed by atoms with van der Waals surface area (Å²) < 4.78 is 0. The Hall–Kier alpha value is -0.570. The monoisotopic (exact) mass is 278 g/mol. The van der Waals surface area contributed by atoms with Gasteiger partial charge < -0.3 is 10.6 Å². The molecule has 3 rings (SSSR count). The van der Waals surface area contributed by atoms with Crippen molar-refractivity contribution < 1.29 is 4.79 Å². The molecule has 2 aliphatic carbocycles. The van der Waals surface area contributed by atoms with Crippen molar-refractivity contribution in [3.05, 3.63) is 0 Å². The van der Waals surface area contributed by atoms with Gasteiger partial charge in [0, 0.05) is 19.1 Å². The molecule has 3 heteroatoms. The number of likely N-dealkylation sites (tertiary alicyclic amines) is 1. The van der Waals surface area contributed by atoms with Crippen LogP contribution in [0.1, 0.15) is 70.6 Å². The topological polar surface area (TPSA) is 46.3 Å². The molecule has 3 fully saturated rings. The molecule has 1 heterocycles. The molecule has 0 aromatic heterocycles. The van der Waals surface area contributed by atoms with E-state index in [4.69, 9.17) is 5.73 Å². The number of carbonyl (C=O) groups excluding carboxylic acids is 1. The van der Waals surface area contributed by atoms with E-state index in [1.165, 1.54) is 57.8 Å². The molecule has 0 aromatic rings. The summed E-state index contributed by atoms with van der Waals surface area (Å²) >= 11 is 0. The van der Waals surface area contributed by atoms with Crippen LogP contribution >= 0.6 is 0 Å². The van der Waals surface area contributed by atoms with Gasteiger partial charge >= 0.3 is 0 Å². The molecule has 2 saturated carbocycles. The molecule has 3 aliphatic rings. The molecule has 1 saturated heterocycles. The smallest absolute Gasteiger partial charge is 0.227 e. The Morgan fingerprint density at radius 1 is 0.900 bits per heavy atom. The van der Waals surface area contributed by atoms with Gasteiger partial charge in [-0.1, -0.05) is 32.1 Å². The average molecular weight is 278 g/mol. The summed E-state index contributed by atoms with van der Waals surface area (Å²) in [5.74, 6) is 0.479. The fourth-order valence-electron chi connectivity index (χ4n) is 4.70. The van der Waals surface area contributed by atoms with Crippen molar-refractivity contribution in [1.29, 1.82) is 0 Å². The van der Waals surface area contributed by atoms with Gasteiger partial charge in [-0.05, 0) is 43.9 Å². The molecule has 0 radical (unpaired) electrons. The van der Waals surface area contributed by atoms with Gasteiger partial charge in [0.1, 0.15) is 0 Å². The van der Waals surface area contributed by atoms with Crippen molar-refractivity contribution in [3.63, 3.8) is 0 Å². The van der Waals surface area contributed by atoms with Crippen LogP contribution in [0.25, 0.3) is 0 Å². The lowest BCUT2D eigenvalue weighted by Gasteiger charge is -2.45. The zero-order valence-electron chi connectivity index (χ0n) is 12.8. The van der Waals surface area contributed by atoms with Crippen LogP contribution in [0.15, 0.2) is 0 Å². The van der Waals surface area contributed by atoms with Crippen LogP contribution in [-0.4, -0.2) is 29.9 Å². The maximum atomic E-state index is 12.7. The van der Waals surface area contributed by atoms with Gasteiger partial charge in [0.25, 0.3) is 0 Å². The van der Waals surface area contributed by atoms with E-state index in [0.29, 0.717) is 11.3 Å². The van der Waals surface area contributed by atoms with Crippen LogP contribution in [-0.2, 0) is 4.79 Å². The Bertz CT molecular complexity index is 339. The van der Waals surface area contributed by atoms with E-state index >= 15 is 0 Å². The molecule has 114 valence electrons. The lowest BCUT2D eigenvalue weighted by Crippen LogP contribution is -2.50. The number of hydrogen-bond acceptors (Lipinski definition) is 2. The van der Waals surface area contributed by atoms with Crippen LogP contribution in [0.2, 0.25) is 0 Å². The minimum absolute atomic E-state index is 0.113. The lowest BCUT2D eigenvalue weighted by atomic mass is 9.68. The van der Waals surface area contributed by atoms with Gasteiger partial charge in [0.05, 0.1) is 5.92 Å². The Balaban J connectivity index is 1.55. The molecule has 3 nitrogen and oxygen atoms in total. The second-order valence-electron chi connectivity index (χ2n) is 7.44. The fourth-order valence-corrected chi connectivity index (χ4v) is 4.70. The Morgan fingerprint density at radius 2 is 1.55 bits per heavy atom. The minimum Gasteiger partial charge on any atom is -0.342 e. The normalized spacial score (nSPS) is 34.1. The second-order valence-corrected chi connectivity index (χ2v) is 7.44. The number of nitrogens with two attached hydrogens (primary N) is 1.